The first-order valence-electron chi connectivity index (χ1n) is 8.80. The molecule has 1 fully saturated rings. The van der Waals surface area contributed by atoms with Crippen LogP contribution in [0.4, 0.5) is 13.2 Å². The second-order valence-corrected chi connectivity index (χ2v) is 6.60. The van der Waals surface area contributed by atoms with Gasteiger partial charge in [0.2, 0.25) is 0 Å². The number of nitrogens with zero attached hydrogens (tertiary/aromatic N) is 1. The molecule has 0 spiro atoms. The largest absolute Gasteiger partial charge is 0.497 e. The van der Waals surface area contributed by atoms with Crippen LogP contribution in [0, 0.1) is 0 Å². The van der Waals surface area contributed by atoms with E-state index in [-0.39, 0.29) is 5.91 Å². The van der Waals surface area contributed by atoms with Gasteiger partial charge in [-0.15, -0.1) is 0 Å². The van der Waals surface area contributed by atoms with Gasteiger partial charge in [0.25, 0.3) is 5.91 Å². The second kappa shape index (κ2) is 8.00. The van der Waals surface area contributed by atoms with Crippen molar-refractivity contribution in [2.75, 3.05) is 33.3 Å². The van der Waals surface area contributed by atoms with Crippen LogP contribution < -0.4 is 9.64 Å². The fourth-order valence-electron chi connectivity index (χ4n) is 3.34. The molecule has 4 nitrogen and oxygen atoms in total. The Morgan fingerprint density at radius 3 is 2.30 bits per heavy atom. The predicted octanol–water partition coefficient (Wildman–Crippen LogP) is 2.25. The number of benzene rings is 2. The van der Waals surface area contributed by atoms with Crippen molar-refractivity contribution in [3.63, 3.8) is 0 Å². The lowest BCUT2D eigenvalue weighted by Crippen LogP contribution is -3.13. The number of ether oxygens (including phenoxy) is 1. The quantitative estimate of drug-likeness (QED) is 0.884. The van der Waals surface area contributed by atoms with E-state index in [0.717, 1.165) is 11.0 Å². The van der Waals surface area contributed by atoms with Gasteiger partial charge in [-0.3, -0.25) is 4.79 Å². The lowest BCUT2D eigenvalue weighted by Gasteiger charge is -2.32. The zero-order chi connectivity index (χ0) is 19.4. The molecule has 0 atom stereocenters. The van der Waals surface area contributed by atoms with Crippen LogP contribution in [-0.2, 0) is 12.7 Å². The molecule has 1 heterocycles. The van der Waals surface area contributed by atoms with Gasteiger partial charge in [-0.05, 0) is 30.3 Å². The Kier molecular flexibility index (Phi) is 5.70. The summed E-state index contributed by atoms with van der Waals surface area (Å²) in [6.07, 6.45) is -4.35. The normalized spacial score (nSPS) is 15.6. The fourth-order valence-corrected chi connectivity index (χ4v) is 3.34. The molecule has 2 aromatic carbocycles. The van der Waals surface area contributed by atoms with Crippen molar-refractivity contribution in [1.29, 1.82) is 0 Å². The summed E-state index contributed by atoms with van der Waals surface area (Å²) in [5.74, 6) is 0.622. The number of carbonyl (C=O) groups excluding carboxylic acids is 1. The molecule has 1 aliphatic rings. The molecular formula is C20H22F3N2O2+. The van der Waals surface area contributed by atoms with Crippen molar-refractivity contribution in [2.24, 2.45) is 0 Å². The Balaban J connectivity index is 1.60. The van der Waals surface area contributed by atoms with Crippen LogP contribution >= 0.6 is 0 Å². The van der Waals surface area contributed by atoms with E-state index >= 15 is 0 Å². The highest BCUT2D eigenvalue weighted by molar-refractivity contribution is 5.94. The van der Waals surface area contributed by atoms with Crippen LogP contribution in [0.15, 0.2) is 48.5 Å². The number of carbonyl (C=O) groups is 1. The van der Waals surface area contributed by atoms with Gasteiger partial charge in [-0.25, -0.2) is 0 Å². The molecule has 7 heteroatoms. The number of quaternary nitrogens is 1. The fraction of sp³-hybridized carbons (Fsp3) is 0.350. The van der Waals surface area contributed by atoms with Crippen molar-refractivity contribution >= 4 is 5.91 Å². The van der Waals surface area contributed by atoms with E-state index in [1.54, 1.807) is 42.3 Å². The van der Waals surface area contributed by atoms with Crippen LogP contribution in [0.5, 0.6) is 5.75 Å². The summed E-state index contributed by atoms with van der Waals surface area (Å²) in [7, 11) is 1.57. The van der Waals surface area contributed by atoms with Crippen LogP contribution in [0.1, 0.15) is 21.5 Å². The molecule has 3 rings (SSSR count). The zero-order valence-corrected chi connectivity index (χ0v) is 15.1. The average Bonchev–Trinajstić information content (AvgIpc) is 2.68. The van der Waals surface area contributed by atoms with E-state index in [1.165, 1.54) is 12.1 Å². The van der Waals surface area contributed by atoms with Gasteiger partial charge in [-0.2, -0.15) is 13.2 Å². The molecule has 0 radical (unpaired) electrons. The first kappa shape index (κ1) is 19.2. The van der Waals surface area contributed by atoms with Gasteiger partial charge in [0, 0.05) is 11.1 Å². The lowest BCUT2D eigenvalue weighted by atomic mass is 10.1. The van der Waals surface area contributed by atoms with E-state index in [0.29, 0.717) is 49.6 Å². The Bertz CT molecular complexity index is 783. The first-order valence-corrected chi connectivity index (χ1v) is 8.80. The highest BCUT2D eigenvalue weighted by Gasteiger charge is 2.34. The number of nitrogens with one attached hydrogen (secondary N) is 1. The summed E-state index contributed by atoms with van der Waals surface area (Å²) >= 11 is 0. The highest BCUT2D eigenvalue weighted by Crippen LogP contribution is 2.31. The smallest absolute Gasteiger partial charge is 0.416 e. The summed E-state index contributed by atoms with van der Waals surface area (Å²) in [5, 5.41) is 0. The van der Waals surface area contributed by atoms with E-state index in [9.17, 15) is 18.0 Å². The average molecular weight is 379 g/mol. The van der Waals surface area contributed by atoms with E-state index in [1.807, 2.05) is 0 Å². The summed E-state index contributed by atoms with van der Waals surface area (Å²) in [5.41, 5.74) is 0.311. The number of rotatable bonds is 4. The minimum absolute atomic E-state index is 0.0626. The Labute approximate surface area is 156 Å². The van der Waals surface area contributed by atoms with Crippen molar-refractivity contribution in [3.05, 3.63) is 65.2 Å². The van der Waals surface area contributed by atoms with E-state index < -0.39 is 11.7 Å². The molecule has 0 bridgehead atoms. The molecule has 0 unspecified atom stereocenters. The third-order valence-electron chi connectivity index (χ3n) is 4.86. The molecule has 144 valence electrons. The highest BCUT2D eigenvalue weighted by atomic mass is 19.4. The number of halogens is 3. The van der Waals surface area contributed by atoms with Crippen molar-refractivity contribution < 1.29 is 27.6 Å². The van der Waals surface area contributed by atoms with Crippen LogP contribution in [0.2, 0.25) is 0 Å². The monoisotopic (exact) mass is 379 g/mol. The molecule has 0 aromatic heterocycles. The van der Waals surface area contributed by atoms with Crippen LogP contribution in [0.3, 0.4) is 0 Å². The third kappa shape index (κ3) is 4.60. The molecule has 27 heavy (non-hydrogen) atoms. The minimum Gasteiger partial charge on any atom is -0.497 e. The van der Waals surface area contributed by atoms with Crippen molar-refractivity contribution in [2.45, 2.75) is 12.7 Å². The number of amides is 1. The number of hydrogen-bond donors (Lipinski definition) is 1. The van der Waals surface area contributed by atoms with E-state index in [2.05, 4.69) is 0 Å². The Morgan fingerprint density at radius 1 is 1.07 bits per heavy atom. The van der Waals surface area contributed by atoms with Gasteiger partial charge in [0.05, 0.1) is 38.9 Å². The number of hydrogen-bond acceptors (Lipinski definition) is 2. The molecule has 1 amide bonds. The first-order chi connectivity index (χ1) is 12.9. The number of alkyl halides is 3. The maximum atomic E-state index is 13.1. The summed E-state index contributed by atoms with van der Waals surface area (Å²) < 4.78 is 44.5. The van der Waals surface area contributed by atoms with Gasteiger partial charge >= 0.3 is 6.18 Å². The molecular weight excluding hydrogens is 357 g/mol. The predicted molar refractivity (Wildman–Crippen MR) is 94.7 cm³/mol. The summed E-state index contributed by atoms with van der Waals surface area (Å²) in [4.78, 5) is 15.4. The minimum atomic E-state index is -4.35. The molecule has 2 aromatic rings. The number of methoxy groups -OCH3 is 1. The Morgan fingerprint density at radius 2 is 1.70 bits per heavy atom. The van der Waals surface area contributed by atoms with Crippen LogP contribution in [-0.4, -0.2) is 44.1 Å². The molecule has 1 N–H and O–H groups in total. The standard InChI is InChI=1S/C20H21F3N2O2/c1-27-17-8-6-15(7-9-17)19(26)25-12-10-24(11-13-25)14-16-4-2-3-5-18(16)20(21,22)23/h2-9H,10-14H2,1H3/p+1. The number of piperazine rings is 1. The van der Waals surface area contributed by atoms with Gasteiger partial charge in [0.15, 0.2) is 0 Å². The van der Waals surface area contributed by atoms with Gasteiger partial charge in [-0.1, -0.05) is 18.2 Å². The maximum absolute atomic E-state index is 13.1. The maximum Gasteiger partial charge on any atom is 0.416 e. The lowest BCUT2D eigenvalue weighted by molar-refractivity contribution is -0.917. The van der Waals surface area contributed by atoms with Crippen molar-refractivity contribution in [1.82, 2.24) is 4.90 Å². The van der Waals surface area contributed by atoms with Gasteiger partial charge in [0.1, 0.15) is 12.3 Å². The Hall–Kier alpha value is -2.54. The van der Waals surface area contributed by atoms with Gasteiger partial charge < -0.3 is 14.5 Å². The molecule has 0 saturated carbocycles. The van der Waals surface area contributed by atoms with Crippen LogP contribution in [0.25, 0.3) is 0 Å². The molecule has 1 saturated heterocycles. The molecule has 1 aliphatic heterocycles. The summed E-state index contributed by atoms with van der Waals surface area (Å²) in [6, 6.07) is 12.6. The topological polar surface area (TPSA) is 34.0 Å². The third-order valence-corrected chi connectivity index (χ3v) is 4.86. The molecule has 0 aliphatic carbocycles. The zero-order valence-electron chi connectivity index (χ0n) is 15.1. The summed E-state index contributed by atoms with van der Waals surface area (Å²) in [6.45, 7) is 2.59. The van der Waals surface area contributed by atoms with E-state index in [4.69, 9.17) is 4.74 Å². The SMILES string of the molecule is COc1ccc(C(=O)N2CC[NH+](Cc3ccccc3C(F)(F)F)CC2)cc1. The van der Waals surface area contributed by atoms with Crippen molar-refractivity contribution in [3.8, 4) is 5.75 Å². The second-order valence-electron chi connectivity index (χ2n) is 6.60.